The molecule has 0 unspecified atom stereocenters. The molecule has 0 bridgehead atoms. The predicted molar refractivity (Wildman–Crippen MR) is 41.9 cm³/mol. The summed E-state index contributed by atoms with van der Waals surface area (Å²) in [6.45, 7) is 4.79. The summed E-state index contributed by atoms with van der Waals surface area (Å²) in [5, 5.41) is 17.3. The highest BCUT2D eigenvalue weighted by Gasteiger charge is 2.04. The molecule has 4 nitrogen and oxygen atoms in total. The summed E-state index contributed by atoms with van der Waals surface area (Å²) >= 11 is 0. The second kappa shape index (κ2) is 5.97. The van der Waals surface area contributed by atoms with E-state index in [0.717, 1.165) is 5.92 Å². The summed E-state index contributed by atoms with van der Waals surface area (Å²) in [5.74, 6) is 0.973. The fourth-order valence-electron chi connectivity index (χ4n) is 0.966. The van der Waals surface area contributed by atoms with Crippen LogP contribution in [0.1, 0.15) is 19.8 Å². The number of nitrogens with one attached hydrogen (secondary N) is 1. The summed E-state index contributed by atoms with van der Waals surface area (Å²) in [5.41, 5.74) is 0. The van der Waals surface area contributed by atoms with Gasteiger partial charge in [-0.25, -0.2) is 4.79 Å². The summed E-state index contributed by atoms with van der Waals surface area (Å²) in [4.78, 5) is 8.56. The number of carboxylic acid groups (broad SMARTS) is 2. The van der Waals surface area contributed by atoms with Gasteiger partial charge in [0.2, 0.25) is 0 Å². The van der Waals surface area contributed by atoms with Crippen molar-refractivity contribution in [2.75, 3.05) is 13.1 Å². The van der Waals surface area contributed by atoms with E-state index in [1.165, 1.54) is 25.9 Å². The molecular formula is C7H15NO3. The minimum atomic E-state index is -1.83. The summed E-state index contributed by atoms with van der Waals surface area (Å²) < 4.78 is 0. The number of hydrogen-bond donors (Lipinski definition) is 3. The third kappa shape index (κ3) is 9.23. The maximum atomic E-state index is 8.56. The first-order valence-electron chi connectivity index (χ1n) is 3.75. The van der Waals surface area contributed by atoms with Gasteiger partial charge >= 0.3 is 6.16 Å². The van der Waals surface area contributed by atoms with Gasteiger partial charge in [-0.3, -0.25) is 0 Å². The molecule has 1 saturated heterocycles. The van der Waals surface area contributed by atoms with Crippen molar-refractivity contribution in [3.63, 3.8) is 0 Å². The Labute approximate surface area is 66.2 Å². The van der Waals surface area contributed by atoms with Crippen molar-refractivity contribution >= 4 is 6.16 Å². The molecule has 1 heterocycles. The van der Waals surface area contributed by atoms with E-state index < -0.39 is 6.16 Å². The van der Waals surface area contributed by atoms with Crippen molar-refractivity contribution in [2.24, 2.45) is 5.92 Å². The van der Waals surface area contributed by atoms with Gasteiger partial charge in [-0.2, -0.15) is 0 Å². The van der Waals surface area contributed by atoms with Gasteiger partial charge in [-0.15, -0.1) is 0 Å². The van der Waals surface area contributed by atoms with E-state index in [1.54, 1.807) is 0 Å². The average molecular weight is 161 g/mol. The molecule has 4 heteroatoms. The molecule has 3 N–H and O–H groups in total. The van der Waals surface area contributed by atoms with E-state index in [1.807, 2.05) is 0 Å². The Morgan fingerprint density at radius 1 is 1.36 bits per heavy atom. The molecule has 0 aromatic carbocycles. The number of hydrogen-bond acceptors (Lipinski definition) is 2. The Hall–Kier alpha value is -0.770. The number of carbonyl (C=O) groups is 1. The normalized spacial score (nSPS) is 18.3. The molecule has 0 amide bonds. The molecule has 0 aromatic heterocycles. The molecule has 0 aromatic rings. The lowest BCUT2D eigenvalue weighted by molar-refractivity contribution is 0.137. The van der Waals surface area contributed by atoms with Crippen LogP contribution in [0.3, 0.4) is 0 Å². The van der Waals surface area contributed by atoms with Gasteiger partial charge in [0.15, 0.2) is 0 Å². The van der Waals surface area contributed by atoms with Crippen molar-refractivity contribution in [1.82, 2.24) is 5.32 Å². The smallest absolute Gasteiger partial charge is 0.450 e. The molecule has 1 aliphatic heterocycles. The fraction of sp³-hybridized carbons (Fsp3) is 0.857. The third-order valence-corrected chi connectivity index (χ3v) is 1.63. The minimum Gasteiger partial charge on any atom is -0.450 e. The van der Waals surface area contributed by atoms with Crippen LogP contribution in [-0.2, 0) is 0 Å². The van der Waals surface area contributed by atoms with Gasteiger partial charge in [0.25, 0.3) is 0 Å². The highest BCUT2D eigenvalue weighted by Crippen LogP contribution is 2.08. The Bertz CT molecular complexity index is 106. The number of rotatable bonds is 0. The molecular weight excluding hydrogens is 146 g/mol. The first kappa shape index (κ1) is 10.2. The van der Waals surface area contributed by atoms with Crippen molar-refractivity contribution in [2.45, 2.75) is 19.8 Å². The quantitative estimate of drug-likeness (QED) is 0.499. The fourth-order valence-corrected chi connectivity index (χ4v) is 0.966. The first-order chi connectivity index (χ1) is 5.13. The van der Waals surface area contributed by atoms with E-state index in [0.29, 0.717) is 0 Å². The second-order valence-electron chi connectivity index (χ2n) is 2.72. The highest BCUT2D eigenvalue weighted by atomic mass is 16.6. The molecule has 1 rings (SSSR count). The topological polar surface area (TPSA) is 69.6 Å². The molecule has 1 aliphatic rings. The summed E-state index contributed by atoms with van der Waals surface area (Å²) in [6.07, 6.45) is 0.917. The van der Waals surface area contributed by atoms with E-state index in [9.17, 15) is 0 Å². The zero-order chi connectivity index (χ0) is 8.69. The van der Waals surface area contributed by atoms with Crippen LogP contribution in [0.15, 0.2) is 0 Å². The SMILES string of the molecule is CC1CCNCC1.O=C(O)O. The van der Waals surface area contributed by atoms with E-state index in [-0.39, 0.29) is 0 Å². The molecule has 0 spiro atoms. The summed E-state index contributed by atoms with van der Waals surface area (Å²) in [6, 6.07) is 0. The maximum Gasteiger partial charge on any atom is 0.503 e. The van der Waals surface area contributed by atoms with Gasteiger partial charge in [-0.1, -0.05) is 6.92 Å². The van der Waals surface area contributed by atoms with Crippen LogP contribution in [0.5, 0.6) is 0 Å². The average Bonchev–Trinajstić information content (AvgIpc) is 1.87. The lowest BCUT2D eigenvalue weighted by Gasteiger charge is -2.17. The van der Waals surface area contributed by atoms with Crippen LogP contribution in [-0.4, -0.2) is 29.5 Å². The predicted octanol–water partition coefficient (Wildman–Crippen LogP) is 1.23. The zero-order valence-corrected chi connectivity index (χ0v) is 6.71. The zero-order valence-electron chi connectivity index (χ0n) is 6.71. The largest absolute Gasteiger partial charge is 0.503 e. The Morgan fingerprint density at radius 2 is 1.73 bits per heavy atom. The highest BCUT2D eigenvalue weighted by molar-refractivity contribution is 5.53. The van der Waals surface area contributed by atoms with E-state index in [4.69, 9.17) is 15.0 Å². The molecule has 0 saturated carbocycles. The maximum absolute atomic E-state index is 8.56. The van der Waals surface area contributed by atoms with Crippen LogP contribution in [0.4, 0.5) is 4.79 Å². The Morgan fingerprint density at radius 3 is 1.91 bits per heavy atom. The minimum absolute atomic E-state index is 0.973. The summed E-state index contributed by atoms with van der Waals surface area (Å²) in [7, 11) is 0. The monoisotopic (exact) mass is 161 g/mol. The van der Waals surface area contributed by atoms with Gasteiger partial charge in [0, 0.05) is 0 Å². The van der Waals surface area contributed by atoms with Gasteiger partial charge in [0.05, 0.1) is 0 Å². The van der Waals surface area contributed by atoms with Gasteiger partial charge in [0.1, 0.15) is 0 Å². The number of piperidine rings is 1. The molecule has 0 atom stereocenters. The molecule has 1 fully saturated rings. The Balaban J connectivity index is 0.000000218. The van der Waals surface area contributed by atoms with Crippen molar-refractivity contribution in [3.05, 3.63) is 0 Å². The Kier molecular flexibility index (Phi) is 5.56. The van der Waals surface area contributed by atoms with Crippen LogP contribution in [0.2, 0.25) is 0 Å². The second-order valence-corrected chi connectivity index (χ2v) is 2.72. The van der Waals surface area contributed by atoms with Crippen LogP contribution >= 0.6 is 0 Å². The van der Waals surface area contributed by atoms with Crippen LogP contribution in [0, 0.1) is 5.92 Å². The van der Waals surface area contributed by atoms with Crippen molar-refractivity contribution < 1.29 is 15.0 Å². The van der Waals surface area contributed by atoms with E-state index >= 15 is 0 Å². The molecule has 11 heavy (non-hydrogen) atoms. The lowest BCUT2D eigenvalue weighted by atomic mass is 10.0. The van der Waals surface area contributed by atoms with Crippen molar-refractivity contribution in [3.8, 4) is 0 Å². The van der Waals surface area contributed by atoms with E-state index in [2.05, 4.69) is 12.2 Å². The molecule has 0 aliphatic carbocycles. The standard InChI is InChI=1S/C6H13N.CH2O3/c1-6-2-4-7-5-3-6;2-1(3)4/h6-7H,2-5H2,1H3;(H2,2,3,4). The van der Waals surface area contributed by atoms with Gasteiger partial charge in [-0.05, 0) is 31.8 Å². The van der Waals surface area contributed by atoms with Crippen LogP contribution in [0.25, 0.3) is 0 Å². The molecule has 66 valence electrons. The third-order valence-electron chi connectivity index (χ3n) is 1.63. The van der Waals surface area contributed by atoms with Gasteiger partial charge < -0.3 is 15.5 Å². The first-order valence-corrected chi connectivity index (χ1v) is 3.75. The lowest BCUT2D eigenvalue weighted by Crippen LogP contribution is -2.26. The molecule has 0 radical (unpaired) electrons. The van der Waals surface area contributed by atoms with Crippen LogP contribution < -0.4 is 5.32 Å². The van der Waals surface area contributed by atoms with Crippen molar-refractivity contribution in [1.29, 1.82) is 0 Å².